The Kier molecular flexibility index (Phi) is 3.31. The number of amides is 1. The molecule has 2 aliphatic rings. The fraction of sp³-hybridized carbons (Fsp3) is 0.562. The molecule has 1 aromatic rings. The number of nitrogens with one attached hydrogen (secondary N) is 1. The maximum absolute atomic E-state index is 12.7. The fourth-order valence-electron chi connectivity index (χ4n) is 3.37. The number of carbonyl (C=O) groups excluding carboxylic acids is 1. The molecule has 2 atom stereocenters. The van der Waals surface area contributed by atoms with Crippen LogP contribution in [0.25, 0.3) is 0 Å². The van der Waals surface area contributed by atoms with Gasteiger partial charge in [-0.25, -0.2) is 0 Å². The minimum absolute atomic E-state index is 0.214. The lowest BCUT2D eigenvalue weighted by atomic mass is 9.92. The van der Waals surface area contributed by atoms with Crippen LogP contribution in [0.3, 0.4) is 0 Å². The molecule has 0 aromatic heterocycles. The molecular weight excluding hydrogens is 236 g/mol. The van der Waals surface area contributed by atoms with Gasteiger partial charge in [-0.1, -0.05) is 17.7 Å². The third kappa shape index (κ3) is 2.39. The number of likely N-dealkylation sites (tertiary alicyclic amines) is 1. The summed E-state index contributed by atoms with van der Waals surface area (Å²) >= 11 is 0. The molecule has 0 aliphatic carbocycles. The Morgan fingerprint density at radius 2 is 2.16 bits per heavy atom. The van der Waals surface area contributed by atoms with E-state index in [1.807, 2.05) is 26.0 Å². The first-order valence-corrected chi connectivity index (χ1v) is 7.25. The van der Waals surface area contributed by atoms with Crippen molar-refractivity contribution in [1.29, 1.82) is 0 Å². The van der Waals surface area contributed by atoms with Crippen molar-refractivity contribution in [2.45, 2.75) is 32.7 Å². The van der Waals surface area contributed by atoms with E-state index in [0.29, 0.717) is 12.0 Å². The molecule has 2 saturated heterocycles. The zero-order valence-corrected chi connectivity index (χ0v) is 11.8. The van der Waals surface area contributed by atoms with Crippen LogP contribution >= 0.6 is 0 Å². The number of aryl methyl sites for hydroxylation is 2. The summed E-state index contributed by atoms with van der Waals surface area (Å²) in [4.78, 5) is 14.7. The Balaban J connectivity index is 1.78. The Bertz CT molecular complexity index is 498. The van der Waals surface area contributed by atoms with E-state index in [4.69, 9.17) is 0 Å². The number of nitrogens with zero attached hydrogens (tertiary/aromatic N) is 1. The molecule has 3 rings (SSSR count). The van der Waals surface area contributed by atoms with Gasteiger partial charge in [-0.05, 0) is 50.8 Å². The van der Waals surface area contributed by atoms with Gasteiger partial charge in [0.25, 0.3) is 5.91 Å². The van der Waals surface area contributed by atoms with E-state index in [9.17, 15) is 4.79 Å². The molecule has 0 radical (unpaired) electrons. The second kappa shape index (κ2) is 4.97. The highest BCUT2D eigenvalue weighted by atomic mass is 16.2. The number of fused-ring (bicyclic) bond motifs is 1. The average Bonchev–Trinajstić information content (AvgIpc) is 2.88. The van der Waals surface area contributed by atoms with Gasteiger partial charge >= 0.3 is 0 Å². The molecule has 1 N–H and O–H groups in total. The molecule has 2 fully saturated rings. The summed E-state index contributed by atoms with van der Waals surface area (Å²) in [6.45, 7) is 6.99. The van der Waals surface area contributed by atoms with Gasteiger partial charge in [-0.15, -0.1) is 0 Å². The lowest BCUT2D eigenvalue weighted by molar-refractivity contribution is 0.0661. The quantitative estimate of drug-likeness (QED) is 0.837. The summed E-state index contributed by atoms with van der Waals surface area (Å²) in [6, 6.07) is 6.78. The summed E-state index contributed by atoms with van der Waals surface area (Å²) in [5.41, 5.74) is 3.12. The van der Waals surface area contributed by atoms with Gasteiger partial charge in [-0.2, -0.15) is 0 Å². The van der Waals surface area contributed by atoms with Gasteiger partial charge in [-0.3, -0.25) is 4.79 Å². The van der Waals surface area contributed by atoms with Crippen LogP contribution in [0.5, 0.6) is 0 Å². The van der Waals surface area contributed by atoms with E-state index >= 15 is 0 Å². The van der Waals surface area contributed by atoms with Crippen LogP contribution in [0.2, 0.25) is 0 Å². The average molecular weight is 258 g/mol. The molecule has 102 valence electrons. The standard InChI is InChI=1S/C16H22N2O/c1-11-3-4-12(2)14(9-11)16(19)18-8-6-15-13(10-18)5-7-17-15/h3-4,9,13,15,17H,5-8,10H2,1-2H3. The lowest BCUT2D eigenvalue weighted by Gasteiger charge is -2.35. The summed E-state index contributed by atoms with van der Waals surface area (Å²) in [5, 5.41) is 3.54. The second-order valence-electron chi connectivity index (χ2n) is 5.97. The lowest BCUT2D eigenvalue weighted by Crippen LogP contribution is -2.47. The number of rotatable bonds is 1. The normalized spacial score (nSPS) is 26.3. The molecule has 3 heteroatoms. The van der Waals surface area contributed by atoms with Crippen LogP contribution < -0.4 is 5.32 Å². The van der Waals surface area contributed by atoms with Crippen LogP contribution in [-0.4, -0.2) is 36.5 Å². The van der Waals surface area contributed by atoms with E-state index in [0.717, 1.165) is 42.7 Å². The first-order chi connectivity index (χ1) is 9.15. The monoisotopic (exact) mass is 258 g/mol. The first-order valence-electron chi connectivity index (χ1n) is 7.25. The maximum Gasteiger partial charge on any atom is 0.254 e. The Hall–Kier alpha value is -1.35. The zero-order valence-electron chi connectivity index (χ0n) is 11.8. The second-order valence-corrected chi connectivity index (χ2v) is 5.97. The molecule has 2 heterocycles. The number of piperidine rings is 1. The van der Waals surface area contributed by atoms with Crippen LogP contribution in [0.4, 0.5) is 0 Å². The predicted molar refractivity (Wildman–Crippen MR) is 76.3 cm³/mol. The maximum atomic E-state index is 12.7. The third-order valence-corrected chi connectivity index (χ3v) is 4.57. The highest BCUT2D eigenvalue weighted by Crippen LogP contribution is 2.26. The molecular formula is C16H22N2O. The molecule has 2 aliphatic heterocycles. The van der Waals surface area contributed by atoms with Gasteiger partial charge in [0.15, 0.2) is 0 Å². The van der Waals surface area contributed by atoms with Crippen molar-refractivity contribution >= 4 is 5.91 Å². The topological polar surface area (TPSA) is 32.3 Å². The van der Waals surface area contributed by atoms with Crippen molar-refractivity contribution in [3.8, 4) is 0 Å². The Labute approximate surface area is 115 Å². The summed E-state index contributed by atoms with van der Waals surface area (Å²) in [6.07, 6.45) is 2.31. The molecule has 0 bridgehead atoms. The molecule has 0 saturated carbocycles. The molecule has 0 spiro atoms. The summed E-state index contributed by atoms with van der Waals surface area (Å²) in [5.74, 6) is 0.870. The van der Waals surface area contributed by atoms with Gasteiger partial charge in [0, 0.05) is 24.7 Å². The van der Waals surface area contributed by atoms with Gasteiger partial charge in [0.1, 0.15) is 0 Å². The summed E-state index contributed by atoms with van der Waals surface area (Å²) in [7, 11) is 0. The van der Waals surface area contributed by atoms with Crippen molar-refractivity contribution in [2.24, 2.45) is 5.92 Å². The number of carbonyl (C=O) groups is 1. The first kappa shape index (κ1) is 12.7. The van der Waals surface area contributed by atoms with E-state index in [2.05, 4.69) is 16.3 Å². The third-order valence-electron chi connectivity index (χ3n) is 4.57. The molecule has 3 nitrogen and oxygen atoms in total. The van der Waals surface area contributed by atoms with Gasteiger partial charge in [0.05, 0.1) is 0 Å². The largest absolute Gasteiger partial charge is 0.338 e. The van der Waals surface area contributed by atoms with Crippen LogP contribution in [0.1, 0.15) is 34.3 Å². The minimum Gasteiger partial charge on any atom is -0.338 e. The van der Waals surface area contributed by atoms with Crippen molar-refractivity contribution < 1.29 is 4.79 Å². The number of hydrogen-bond donors (Lipinski definition) is 1. The van der Waals surface area contributed by atoms with E-state index in [1.165, 1.54) is 6.42 Å². The number of hydrogen-bond acceptors (Lipinski definition) is 2. The van der Waals surface area contributed by atoms with E-state index in [1.54, 1.807) is 0 Å². The summed E-state index contributed by atoms with van der Waals surface area (Å²) < 4.78 is 0. The predicted octanol–water partition coefficient (Wildman–Crippen LogP) is 2.13. The smallest absolute Gasteiger partial charge is 0.254 e. The molecule has 1 amide bonds. The molecule has 19 heavy (non-hydrogen) atoms. The van der Waals surface area contributed by atoms with Crippen molar-refractivity contribution in [3.05, 3.63) is 34.9 Å². The van der Waals surface area contributed by atoms with Crippen molar-refractivity contribution in [1.82, 2.24) is 10.2 Å². The van der Waals surface area contributed by atoms with Crippen molar-refractivity contribution in [3.63, 3.8) is 0 Å². The van der Waals surface area contributed by atoms with E-state index in [-0.39, 0.29) is 5.91 Å². The minimum atomic E-state index is 0.214. The van der Waals surface area contributed by atoms with E-state index < -0.39 is 0 Å². The fourth-order valence-corrected chi connectivity index (χ4v) is 3.37. The van der Waals surface area contributed by atoms with Gasteiger partial charge < -0.3 is 10.2 Å². The van der Waals surface area contributed by atoms with Crippen LogP contribution in [0, 0.1) is 19.8 Å². The molecule has 1 aromatic carbocycles. The highest BCUT2D eigenvalue weighted by molar-refractivity contribution is 5.95. The zero-order chi connectivity index (χ0) is 13.4. The van der Waals surface area contributed by atoms with Crippen LogP contribution in [0.15, 0.2) is 18.2 Å². The Morgan fingerprint density at radius 1 is 1.32 bits per heavy atom. The number of benzene rings is 1. The molecule has 2 unspecified atom stereocenters. The highest BCUT2D eigenvalue weighted by Gasteiger charge is 2.34. The van der Waals surface area contributed by atoms with Crippen LogP contribution in [-0.2, 0) is 0 Å². The van der Waals surface area contributed by atoms with Gasteiger partial charge in [0.2, 0.25) is 0 Å². The SMILES string of the molecule is Cc1ccc(C)c(C(=O)N2CCC3NCCC3C2)c1. The Morgan fingerprint density at radius 3 is 3.00 bits per heavy atom. The van der Waals surface area contributed by atoms with Crippen molar-refractivity contribution in [2.75, 3.05) is 19.6 Å².